The van der Waals surface area contributed by atoms with Gasteiger partial charge in [-0.2, -0.15) is 0 Å². The Labute approximate surface area is 135 Å². The molecule has 0 radical (unpaired) electrons. The molecule has 0 aliphatic carbocycles. The summed E-state index contributed by atoms with van der Waals surface area (Å²) < 4.78 is 0.840. The van der Waals surface area contributed by atoms with Crippen molar-refractivity contribution in [2.75, 3.05) is 13.6 Å². The average molecular weight is 377 g/mol. The predicted molar refractivity (Wildman–Crippen MR) is 83.4 cm³/mol. The number of halogens is 1. The van der Waals surface area contributed by atoms with Gasteiger partial charge in [0.05, 0.1) is 21.1 Å². The fraction of sp³-hybridized carbons (Fsp3) is 0.462. The van der Waals surface area contributed by atoms with Crippen molar-refractivity contribution in [1.29, 1.82) is 0 Å². The summed E-state index contributed by atoms with van der Waals surface area (Å²) in [5.41, 5.74) is 0. The van der Waals surface area contributed by atoms with E-state index in [1.165, 1.54) is 30.2 Å². The molecule has 2 amide bonds. The highest BCUT2D eigenvalue weighted by Gasteiger charge is 2.22. The number of hydrogen-bond donors (Lipinski definition) is 2. The van der Waals surface area contributed by atoms with Crippen LogP contribution in [-0.4, -0.2) is 47.4 Å². The molecule has 2 N–H and O–H groups in total. The van der Waals surface area contributed by atoms with E-state index in [-0.39, 0.29) is 18.4 Å². The van der Waals surface area contributed by atoms with Crippen molar-refractivity contribution in [3.63, 3.8) is 0 Å². The molecule has 0 aliphatic heterocycles. The number of aliphatic carboxylic acids is 1. The van der Waals surface area contributed by atoms with E-state index < -0.39 is 17.9 Å². The van der Waals surface area contributed by atoms with Gasteiger partial charge in [-0.1, -0.05) is 0 Å². The highest BCUT2D eigenvalue weighted by atomic mass is 79.9. The lowest BCUT2D eigenvalue weighted by molar-refractivity contribution is -0.142. The number of rotatable bonds is 6. The number of nitrogens with one attached hydrogen (secondary N) is 1. The number of amides is 2. The monoisotopic (exact) mass is 376 g/mol. The van der Waals surface area contributed by atoms with E-state index in [9.17, 15) is 14.4 Å². The smallest absolute Gasteiger partial charge is 0.308 e. The molecular formula is C13H17BrN2O4S. The Morgan fingerprint density at radius 1 is 1.38 bits per heavy atom. The topological polar surface area (TPSA) is 86.7 Å². The molecule has 1 aromatic heterocycles. The van der Waals surface area contributed by atoms with Gasteiger partial charge >= 0.3 is 5.97 Å². The van der Waals surface area contributed by atoms with Crippen molar-refractivity contribution in [3.05, 3.63) is 20.8 Å². The lowest BCUT2D eigenvalue weighted by Crippen LogP contribution is -2.45. The zero-order valence-electron chi connectivity index (χ0n) is 11.9. The Hall–Kier alpha value is -1.41. The Morgan fingerprint density at radius 3 is 2.48 bits per heavy atom. The van der Waals surface area contributed by atoms with Crippen LogP contribution in [-0.2, 0) is 9.59 Å². The average Bonchev–Trinajstić information content (AvgIpc) is 2.82. The highest BCUT2D eigenvalue weighted by Crippen LogP contribution is 2.22. The molecule has 0 saturated carbocycles. The minimum absolute atomic E-state index is 0.120. The summed E-state index contributed by atoms with van der Waals surface area (Å²) in [6.07, 6.45) is 0. The molecule has 116 valence electrons. The number of carbonyl (C=O) groups is 3. The van der Waals surface area contributed by atoms with Crippen LogP contribution in [0.2, 0.25) is 0 Å². The van der Waals surface area contributed by atoms with Gasteiger partial charge in [-0.15, -0.1) is 11.3 Å². The van der Waals surface area contributed by atoms with Gasteiger partial charge in [0.2, 0.25) is 5.91 Å². The first kappa shape index (κ1) is 17.6. The molecular weight excluding hydrogens is 360 g/mol. The second kappa shape index (κ2) is 7.56. The maximum absolute atomic E-state index is 12.1. The third-order valence-corrected chi connectivity index (χ3v) is 4.65. The third kappa shape index (κ3) is 5.13. The van der Waals surface area contributed by atoms with Crippen LogP contribution in [0, 0.1) is 5.92 Å². The zero-order chi connectivity index (χ0) is 16.2. The second-order valence-electron chi connectivity index (χ2n) is 4.75. The largest absolute Gasteiger partial charge is 0.481 e. The molecule has 6 nitrogen and oxygen atoms in total. The number of hydrogen-bond acceptors (Lipinski definition) is 4. The van der Waals surface area contributed by atoms with Crippen LogP contribution in [0.15, 0.2) is 15.9 Å². The van der Waals surface area contributed by atoms with Gasteiger partial charge in [-0.25, -0.2) is 0 Å². The first-order chi connectivity index (χ1) is 9.72. The Kier molecular flexibility index (Phi) is 6.35. The van der Waals surface area contributed by atoms with Gasteiger partial charge in [0.1, 0.15) is 0 Å². The molecule has 0 bridgehead atoms. The fourth-order valence-electron chi connectivity index (χ4n) is 1.54. The molecule has 1 rings (SSSR count). The van der Waals surface area contributed by atoms with Gasteiger partial charge in [-0.3, -0.25) is 14.4 Å². The highest BCUT2D eigenvalue weighted by molar-refractivity contribution is 9.11. The summed E-state index contributed by atoms with van der Waals surface area (Å²) >= 11 is 4.57. The minimum atomic E-state index is -0.976. The van der Waals surface area contributed by atoms with Gasteiger partial charge in [0.25, 0.3) is 5.91 Å². The van der Waals surface area contributed by atoms with Crippen molar-refractivity contribution < 1.29 is 19.5 Å². The van der Waals surface area contributed by atoms with E-state index in [1.54, 1.807) is 19.1 Å². The predicted octanol–water partition coefficient (Wildman–Crippen LogP) is 1.81. The van der Waals surface area contributed by atoms with Crippen LogP contribution in [0.25, 0.3) is 0 Å². The summed E-state index contributed by atoms with van der Waals surface area (Å²) in [6.45, 7) is 3.02. The number of carboxylic acid groups (broad SMARTS) is 1. The van der Waals surface area contributed by atoms with Crippen molar-refractivity contribution in [1.82, 2.24) is 10.2 Å². The third-order valence-electron chi connectivity index (χ3n) is 3.04. The molecule has 2 unspecified atom stereocenters. The van der Waals surface area contributed by atoms with Crippen LogP contribution in [0.3, 0.4) is 0 Å². The number of thiophene rings is 1. The Balaban J connectivity index is 2.54. The van der Waals surface area contributed by atoms with Gasteiger partial charge in [0.15, 0.2) is 0 Å². The first-order valence-corrected chi connectivity index (χ1v) is 7.86. The Bertz CT molecular complexity index is 546. The number of likely N-dealkylation sites (N-methyl/N-ethyl adjacent to an activating group) is 1. The maximum atomic E-state index is 12.1. The number of carbonyl (C=O) groups excluding carboxylic acids is 2. The molecule has 0 saturated heterocycles. The molecule has 2 atom stereocenters. The summed E-state index contributed by atoms with van der Waals surface area (Å²) in [4.78, 5) is 36.5. The van der Waals surface area contributed by atoms with Crippen LogP contribution in [0.1, 0.15) is 23.5 Å². The van der Waals surface area contributed by atoms with E-state index in [1.807, 2.05) is 0 Å². The normalized spacial score (nSPS) is 13.3. The Morgan fingerprint density at radius 2 is 2.00 bits per heavy atom. The maximum Gasteiger partial charge on any atom is 0.308 e. The summed E-state index contributed by atoms with van der Waals surface area (Å²) in [5.74, 6) is -2.30. The number of carboxylic acids is 1. The SMILES string of the molecule is CC(NC(=O)CN(C)C(=O)c1ccc(Br)s1)C(C)C(=O)O. The van der Waals surface area contributed by atoms with E-state index in [0.29, 0.717) is 4.88 Å². The molecule has 1 heterocycles. The molecule has 0 aliphatic rings. The van der Waals surface area contributed by atoms with E-state index in [4.69, 9.17) is 5.11 Å². The zero-order valence-corrected chi connectivity index (χ0v) is 14.3. The molecule has 1 aromatic rings. The van der Waals surface area contributed by atoms with Crippen LogP contribution in [0.5, 0.6) is 0 Å². The molecule has 0 aromatic carbocycles. The molecule has 21 heavy (non-hydrogen) atoms. The standard InChI is InChI=1S/C13H17BrN2O4S/c1-7(13(19)20)8(2)15-11(17)6-16(3)12(18)9-4-5-10(14)21-9/h4-5,7-8H,6H2,1-3H3,(H,15,17)(H,19,20). The van der Waals surface area contributed by atoms with Crippen molar-refractivity contribution in [2.45, 2.75) is 19.9 Å². The molecule has 0 fully saturated rings. The number of nitrogens with zero attached hydrogens (tertiary/aromatic N) is 1. The van der Waals surface area contributed by atoms with Crippen molar-refractivity contribution in [3.8, 4) is 0 Å². The quantitative estimate of drug-likeness (QED) is 0.792. The summed E-state index contributed by atoms with van der Waals surface area (Å²) in [5, 5.41) is 11.5. The first-order valence-electron chi connectivity index (χ1n) is 6.25. The van der Waals surface area contributed by atoms with Crippen LogP contribution in [0.4, 0.5) is 0 Å². The lowest BCUT2D eigenvalue weighted by Gasteiger charge is -2.20. The van der Waals surface area contributed by atoms with Gasteiger partial charge < -0.3 is 15.3 Å². The fourth-order valence-corrected chi connectivity index (χ4v) is 2.92. The lowest BCUT2D eigenvalue weighted by atomic mass is 10.0. The summed E-state index contributed by atoms with van der Waals surface area (Å²) in [6, 6.07) is 2.94. The van der Waals surface area contributed by atoms with E-state index >= 15 is 0 Å². The summed E-state index contributed by atoms with van der Waals surface area (Å²) in [7, 11) is 1.53. The van der Waals surface area contributed by atoms with Crippen molar-refractivity contribution >= 4 is 45.1 Å². The van der Waals surface area contributed by atoms with Crippen LogP contribution >= 0.6 is 27.3 Å². The molecule has 8 heteroatoms. The van der Waals surface area contributed by atoms with E-state index in [2.05, 4.69) is 21.2 Å². The van der Waals surface area contributed by atoms with Crippen LogP contribution < -0.4 is 5.32 Å². The van der Waals surface area contributed by atoms with E-state index in [0.717, 1.165) is 3.79 Å². The minimum Gasteiger partial charge on any atom is -0.481 e. The molecule has 0 spiro atoms. The van der Waals surface area contributed by atoms with Crippen molar-refractivity contribution in [2.24, 2.45) is 5.92 Å². The van der Waals surface area contributed by atoms with Gasteiger partial charge in [0, 0.05) is 13.1 Å². The van der Waals surface area contributed by atoms with Gasteiger partial charge in [-0.05, 0) is 41.9 Å². The second-order valence-corrected chi connectivity index (χ2v) is 7.21.